The van der Waals surface area contributed by atoms with E-state index in [0.717, 1.165) is 4.47 Å². The van der Waals surface area contributed by atoms with Crippen LogP contribution in [0.5, 0.6) is 0 Å². The summed E-state index contributed by atoms with van der Waals surface area (Å²) in [5.74, 6) is 0. The van der Waals surface area contributed by atoms with Gasteiger partial charge in [0.1, 0.15) is 0 Å². The molecular formula is C18H23BrN2O2S. The van der Waals surface area contributed by atoms with E-state index in [1.807, 2.05) is 32.0 Å². The van der Waals surface area contributed by atoms with E-state index in [9.17, 15) is 8.42 Å². The van der Waals surface area contributed by atoms with Crippen molar-refractivity contribution in [2.24, 2.45) is 0 Å². The van der Waals surface area contributed by atoms with Gasteiger partial charge < -0.3 is 5.32 Å². The van der Waals surface area contributed by atoms with Gasteiger partial charge in [-0.25, -0.2) is 13.1 Å². The summed E-state index contributed by atoms with van der Waals surface area (Å²) in [5.41, 5.74) is 0.777. The lowest BCUT2D eigenvalue weighted by molar-refractivity contribution is 0.346. The number of sulfonamides is 1. The molecule has 0 saturated carbocycles. The summed E-state index contributed by atoms with van der Waals surface area (Å²) in [5, 5.41) is 3.47. The second-order valence-electron chi connectivity index (χ2n) is 6.44. The molecule has 4 nitrogen and oxygen atoms in total. The molecule has 0 aromatic heterocycles. The van der Waals surface area contributed by atoms with Gasteiger partial charge in [-0.3, -0.25) is 0 Å². The third-order valence-electron chi connectivity index (χ3n) is 3.73. The van der Waals surface area contributed by atoms with Crippen LogP contribution in [0.4, 0.5) is 0 Å². The van der Waals surface area contributed by atoms with Crippen molar-refractivity contribution in [3.8, 4) is 0 Å². The maximum atomic E-state index is 12.4. The molecule has 0 aliphatic heterocycles. The Morgan fingerprint density at radius 2 is 1.62 bits per heavy atom. The van der Waals surface area contributed by atoms with Crippen molar-refractivity contribution < 1.29 is 8.42 Å². The van der Waals surface area contributed by atoms with Gasteiger partial charge in [0.25, 0.3) is 0 Å². The van der Waals surface area contributed by atoms with Crippen molar-refractivity contribution in [1.29, 1.82) is 0 Å². The van der Waals surface area contributed by atoms with Gasteiger partial charge in [0.15, 0.2) is 0 Å². The van der Waals surface area contributed by atoms with Crippen molar-refractivity contribution in [3.63, 3.8) is 0 Å². The van der Waals surface area contributed by atoms with Crippen molar-refractivity contribution in [2.75, 3.05) is 6.54 Å². The molecule has 0 spiro atoms. The van der Waals surface area contributed by atoms with E-state index in [0.29, 0.717) is 6.54 Å². The first-order chi connectivity index (χ1) is 11.2. The van der Waals surface area contributed by atoms with Gasteiger partial charge in [0.05, 0.1) is 4.90 Å². The van der Waals surface area contributed by atoms with Gasteiger partial charge in [-0.15, -0.1) is 0 Å². The average Bonchev–Trinajstić information content (AvgIpc) is 2.54. The van der Waals surface area contributed by atoms with E-state index >= 15 is 0 Å². The normalized spacial score (nSPS) is 13.7. The zero-order valence-electron chi connectivity index (χ0n) is 14.1. The Balaban J connectivity index is 2.00. The summed E-state index contributed by atoms with van der Waals surface area (Å²) in [6.45, 7) is 6.33. The SMILES string of the molecule is CC(NC(C)(C)CNS(=O)(=O)c1ccc(Br)cc1)c1ccccc1. The Morgan fingerprint density at radius 3 is 2.21 bits per heavy atom. The Morgan fingerprint density at radius 1 is 1.04 bits per heavy atom. The van der Waals surface area contributed by atoms with Gasteiger partial charge in [-0.2, -0.15) is 0 Å². The van der Waals surface area contributed by atoms with Crippen LogP contribution < -0.4 is 10.0 Å². The maximum absolute atomic E-state index is 12.4. The number of benzene rings is 2. The monoisotopic (exact) mass is 410 g/mol. The van der Waals surface area contributed by atoms with E-state index in [2.05, 4.69) is 45.0 Å². The van der Waals surface area contributed by atoms with E-state index in [-0.39, 0.29) is 10.9 Å². The van der Waals surface area contributed by atoms with E-state index in [1.54, 1.807) is 24.3 Å². The third-order valence-corrected chi connectivity index (χ3v) is 5.68. The van der Waals surface area contributed by atoms with Gasteiger partial charge in [-0.1, -0.05) is 46.3 Å². The van der Waals surface area contributed by atoms with Crippen LogP contribution in [0.1, 0.15) is 32.4 Å². The smallest absolute Gasteiger partial charge is 0.240 e. The fraction of sp³-hybridized carbons (Fsp3) is 0.333. The number of hydrogen-bond acceptors (Lipinski definition) is 3. The number of rotatable bonds is 7. The van der Waals surface area contributed by atoms with Gasteiger partial charge in [-0.05, 0) is 50.6 Å². The molecule has 2 aromatic carbocycles. The molecule has 2 rings (SSSR count). The summed E-state index contributed by atoms with van der Waals surface area (Å²) in [4.78, 5) is 0.262. The molecule has 0 radical (unpaired) electrons. The molecule has 0 amide bonds. The van der Waals surface area contributed by atoms with E-state index < -0.39 is 15.6 Å². The molecule has 2 aromatic rings. The van der Waals surface area contributed by atoms with Crippen LogP contribution in [0.25, 0.3) is 0 Å². The topological polar surface area (TPSA) is 58.2 Å². The largest absolute Gasteiger partial charge is 0.304 e. The molecule has 0 saturated heterocycles. The van der Waals surface area contributed by atoms with Crippen LogP contribution in [0, 0.1) is 0 Å². The lowest BCUT2D eigenvalue weighted by Crippen LogP contribution is -2.49. The van der Waals surface area contributed by atoms with Gasteiger partial charge in [0, 0.05) is 22.6 Å². The van der Waals surface area contributed by atoms with Crippen molar-refractivity contribution >= 4 is 26.0 Å². The fourth-order valence-electron chi connectivity index (χ4n) is 2.43. The predicted molar refractivity (Wildman–Crippen MR) is 101 cm³/mol. The minimum absolute atomic E-state index is 0.124. The molecule has 0 heterocycles. The number of hydrogen-bond donors (Lipinski definition) is 2. The molecule has 130 valence electrons. The maximum Gasteiger partial charge on any atom is 0.240 e. The van der Waals surface area contributed by atoms with Crippen molar-refractivity contribution in [3.05, 3.63) is 64.6 Å². The Kier molecular flexibility index (Phi) is 6.20. The van der Waals surface area contributed by atoms with Crippen LogP contribution in [-0.4, -0.2) is 20.5 Å². The van der Waals surface area contributed by atoms with Gasteiger partial charge >= 0.3 is 0 Å². The number of halogens is 1. The molecule has 2 N–H and O–H groups in total. The molecule has 0 bridgehead atoms. The highest BCUT2D eigenvalue weighted by Crippen LogP contribution is 2.17. The minimum Gasteiger partial charge on any atom is -0.304 e. The first-order valence-corrected chi connectivity index (χ1v) is 10.1. The van der Waals surface area contributed by atoms with Crippen molar-refractivity contribution in [1.82, 2.24) is 10.0 Å². The summed E-state index contributed by atoms with van der Waals surface area (Å²) >= 11 is 3.31. The molecule has 0 aliphatic carbocycles. The van der Waals surface area contributed by atoms with E-state index in [4.69, 9.17) is 0 Å². The van der Waals surface area contributed by atoms with Crippen LogP contribution in [0.3, 0.4) is 0 Å². The quantitative estimate of drug-likeness (QED) is 0.728. The highest BCUT2D eigenvalue weighted by atomic mass is 79.9. The predicted octanol–water partition coefficient (Wildman–Crippen LogP) is 3.86. The minimum atomic E-state index is -3.52. The molecule has 24 heavy (non-hydrogen) atoms. The summed E-state index contributed by atoms with van der Waals surface area (Å²) in [6.07, 6.45) is 0. The molecule has 1 atom stereocenters. The molecule has 6 heteroatoms. The Bertz CT molecular complexity index is 759. The van der Waals surface area contributed by atoms with E-state index in [1.165, 1.54) is 5.56 Å². The Labute approximate surface area is 152 Å². The summed E-state index contributed by atoms with van der Waals surface area (Å²) in [6, 6.07) is 16.8. The van der Waals surface area contributed by atoms with Crippen LogP contribution >= 0.6 is 15.9 Å². The summed E-state index contributed by atoms with van der Waals surface area (Å²) < 4.78 is 28.3. The standard InChI is InChI=1S/C18H23BrN2O2S/c1-14(15-7-5-4-6-8-15)21-18(2,3)13-20-24(22,23)17-11-9-16(19)10-12-17/h4-12,14,20-21H,13H2,1-3H3. The number of nitrogens with one attached hydrogen (secondary N) is 2. The second kappa shape index (κ2) is 7.78. The molecular weight excluding hydrogens is 388 g/mol. The van der Waals surface area contributed by atoms with Crippen LogP contribution in [0.15, 0.2) is 64.0 Å². The van der Waals surface area contributed by atoms with Crippen LogP contribution in [0.2, 0.25) is 0 Å². The van der Waals surface area contributed by atoms with Crippen molar-refractivity contribution in [2.45, 2.75) is 37.2 Å². The molecule has 0 aliphatic rings. The molecule has 0 fully saturated rings. The first-order valence-electron chi connectivity index (χ1n) is 7.77. The molecule has 1 unspecified atom stereocenters. The lowest BCUT2D eigenvalue weighted by atomic mass is 10.0. The highest BCUT2D eigenvalue weighted by Gasteiger charge is 2.24. The summed E-state index contributed by atoms with van der Waals surface area (Å²) in [7, 11) is -3.52. The van der Waals surface area contributed by atoms with Gasteiger partial charge in [0.2, 0.25) is 10.0 Å². The second-order valence-corrected chi connectivity index (χ2v) is 9.12. The third kappa shape index (κ3) is 5.41. The Hall–Kier alpha value is -1.21. The zero-order valence-corrected chi connectivity index (χ0v) is 16.5. The zero-order chi connectivity index (χ0) is 17.8. The average molecular weight is 411 g/mol. The van der Waals surface area contributed by atoms with Crippen LogP contribution in [-0.2, 0) is 10.0 Å². The fourth-order valence-corrected chi connectivity index (χ4v) is 3.91. The first kappa shape index (κ1) is 19.1. The highest BCUT2D eigenvalue weighted by molar-refractivity contribution is 9.10. The lowest BCUT2D eigenvalue weighted by Gasteiger charge is -2.30.